The topological polar surface area (TPSA) is 49.7 Å². The molecule has 0 aliphatic carbocycles. The van der Waals surface area contributed by atoms with E-state index in [4.69, 9.17) is 9.84 Å². The molecule has 0 saturated heterocycles. The van der Waals surface area contributed by atoms with Gasteiger partial charge in [-0.3, -0.25) is 0 Å². The van der Waals surface area contributed by atoms with Gasteiger partial charge in [0.2, 0.25) is 0 Å². The molecule has 0 fully saturated rings. The Hall–Kier alpha value is -1.16. The monoisotopic (exact) mass is 250 g/mol. The van der Waals surface area contributed by atoms with Crippen LogP contribution in [0.25, 0.3) is 0 Å². The zero-order valence-electron chi connectivity index (χ0n) is 11.0. The molecule has 3 nitrogen and oxygen atoms in total. The summed E-state index contributed by atoms with van der Waals surface area (Å²) in [6.07, 6.45) is 1.26. The van der Waals surface area contributed by atoms with Crippen molar-refractivity contribution >= 4 is 0 Å². The predicted molar refractivity (Wildman–Crippen MR) is 72.1 cm³/mol. The SMILES string of the molecule is C/C(=C\[C@@H](C)CO)[C@@H](O)COCc1ccccc1. The molecule has 0 aliphatic rings. The van der Waals surface area contributed by atoms with Crippen LogP contribution in [0, 0.1) is 5.92 Å². The molecule has 0 saturated carbocycles. The van der Waals surface area contributed by atoms with Gasteiger partial charge in [-0.2, -0.15) is 0 Å². The van der Waals surface area contributed by atoms with Crippen molar-refractivity contribution < 1.29 is 14.9 Å². The molecule has 3 heteroatoms. The van der Waals surface area contributed by atoms with E-state index in [0.29, 0.717) is 6.61 Å². The first-order valence-corrected chi connectivity index (χ1v) is 6.22. The maximum Gasteiger partial charge on any atom is 0.0981 e. The molecule has 2 N–H and O–H groups in total. The highest BCUT2D eigenvalue weighted by molar-refractivity contribution is 5.13. The molecule has 2 atom stereocenters. The van der Waals surface area contributed by atoms with E-state index in [1.165, 1.54) is 0 Å². The van der Waals surface area contributed by atoms with Gasteiger partial charge in [0.1, 0.15) is 0 Å². The van der Waals surface area contributed by atoms with Crippen molar-refractivity contribution in [3.63, 3.8) is 0 Å². The van der Waals surface area contributed by atoms with Crippen LogP contribution in [0.3, 0.4) is 0 Å². The third-order valence-corrected chi connectivity index (χ3v) is 2.75. The second-order valence-electron chi connectivity index (χ2n) is 4.59. The summed E-state index contributed by atoms with van der Waals surface area (Å²) in [6.45, 7) is 4.62. The number of benzene rings is 1. The van der Waals surface area contributed by atoms with Crippen molar-refractivity contribution in [2.24, 2.45) is 5.92 Å². The molecule has 0 radical (unpaired) electrons. The van der Waals surface area contributed by atoms with Gasteiger partial charge in [0.25, 0.3) is 0 Å². The average Bonchev–Trinajstić information content (AvgIpc) is 2.39. The second kappa shape index (κ2) is 8.03. The van der Waals surface area contributed by atoms with Crippen LogP contribution in [-0.2, 0) is 11.3 Å². The van der Waals surface area contributed by atoms with Crippen molar-refractivity contribution in [2.45, 2.75) is 26.6 Å². The molecule has 18 heavy (non-hydrogen) atoms. The summed E-state index contributed by atoms with van der Waals surface area (Å²) in [7, 11) is 0. The number of hydrogen-bond donors (Lipinski definition) is 2. The molecule has 1 aromatic carbocycles. The Bertz CT molecular complexity index is 359. The van der Waals surface area contributed by atoms with E-state index in [1.807, 2.05) is 50.3 Å². The third kappa shape index (κ3) is 5.45. The molecule has 1 aromatic rings. The van der Waals surface area contributed by atoms with E-state index in [9.17, 15) is 5.11 Å². The van der Waals surface area contributed by atoms with Crippen molar-refractivity contribution in [3.05, 3.63) is 47.5 Å². The molecule has 1 rings (SSSR count). The van der Waals surface area contributed by atoms with Crippen LogP contribution < -0.4 is 0 Å². The normalized spacial score (nSPS) is 15.4. The molecular weight excluding hydrogens is 228 g/mol. The highest BCUT2D eigenvalue weighted by Crippen LogP contribution is 2.08. The van der Waals surface area contributed by atoms with Crippen LogP contribution >= 0.6 is 0 Å². The number of hydrogen-bond acceptors (Lipinski definition) is 3. The summed E-state index contributed by atoms with van der Waals surface area (Å²) >= 11 is 0. The minimum Gasteiger partial charge on any atom is -0.396 e. The predicted octanol–water partition coefficient (Wildman–Crippen LogP) is 2.14. The maximum absolute atomic E-state index is 9.87. The van der Waals surface area contributed by atoms with Crippen LogP contribution in [0.4, 0.5) is 0 Å². The lowest BCUT2D eigenvalue weighted by Gasteiger charge is -2.13. The minimum absolute atomic E-state index is 0.0637. The minimum atomic E-state index is -0.609. The lowest BCUT2D eigenvalue weighted by molar-refractivity contribution is 0.0449. The van der Waals surface area contributed by atoms with Gasteiger partial charge in [0.15, 0.2) is 0 Å². The molecular formula is C15H22O3. The smallest absolute Gasteiger partial charge is 0.0981 e. The number of rotatable bonds is 7. The Labute approximate surface area is 109 Å². The van der Waals surface area contributed by atoms with Crippen LogP contribution in [0.5, 0.6) is 0 Å². The first-order chi connectivity index (χ1) is 8.63. The first-order valence-electron chi connectivity index (χ1n) is 6.22. The van der Waals surface area contributed by atoms with Crippen LogP contribution in [-0.4, -0.2) is 29.5 Å². The Kier molecular flexibility index (Phi) is 6.65. The molecule has 0 aromatic heterocycles. The summed E-state index contributed by atoms with van der Waals surface area (Å²) in [5, 5.41) is 18.8. The Morgan fingerprint density at radius 1 is 1.33 bits per heavy atom. The average molecular weight is 250 g/mol. The van der Waals surface area contributed by atoms with Crippen LogP contribution in [0.2, 0.25) is 0 Å². The van der Waals surface area contributed by atoms with E-state index in [0.717, 1.165) is 11.1 Å². The summed E-state index contributed by atoms with van der Waals surface area (Å²) in [6, 6.07) is 9.86. The number of ether oxygens (including phenoxy) is 1. The highest BCUT2D eigenvalue weighted by Gasteiger charge is 2.08. The van der Waals surface area contributed by atoms with E-state index < -0.39 is 6.10 Å². The van der Waals surface area contributed by atoms with Gasteiger partial charge >= 0.3 is 0 Å². The van der Waals surface area contributed by atoms with Gasteiger partial charge in [0.05, 0.1) is 19.3 Å². The van der Waals surface area contributed by atoms with Gasteiger partial charge in [-0.25, -0.2) is 0 Å². The number of aliphatic hydroxyl groups is 2. The van der Waals surface area contributed by atoms with Gasteiger partial charge in [-0.1, -0.05) is 43.3 Å². The van der Waals surface area contributed by atoms with Gasteiger partial charge in [-0.15, -0.1) is 0 Å². The molecule has 0 heterocycles. The highest BCUT2D eigenvalue weighted by atomic mass is 16.5. The van der Waals surface area contributed by atoms with Crippen molar-refractivity contribution in [1.29, 1.82) is 0 Å². The summed E-state index contributed by atoms with van der Waals surface area (Å²) in [4.78, 5) is 0. The molecule has 0 amide bonds. The van der Waals surface area contributed by atoms with Crippen molar-refractivity contribution in [1.82, 2.24) is 0 Å². The Morgan fingerprint density at radius 2 is 2.00 bits per heavy atom. The number of aliphatic hydroxyl groups excluding tert-OH is 2. The lowest BCUT2D eigenvalue weighted by atomic mass is 10.1. The summed E-state index contributed by atoms with van der Waals surface area (Å²) < 4.78 is 5.46. The third-order valence-electron chi connectivity index (χ3n) is 2.75. The second-order valence-corrected chi connectivity index (χ2v) is 4.59. The first kappa shape index (κ1) is 14.9. The van der Waals surface area contributed by atoms with Gasteiger partial charge in [0, 0.05) is 6.61 Å². The fourth-order valence-corrected chi connectivity index (χ4v) is 1.61. The Morgan fingerprint density at radius 3 is 2.61 bits per heavy atom. The van der Waals surface area contributed by atoms with Gasteiger partial charge < -0.3 is 14.9 Å². The van der Waals surface area contributed by atoms with E-state index >= 15 is 0 Å². The van der Waals surface area contributed by atoms with E-state index in [2.05, 4.69) is 0 Å². The quantitative estimate of drug-likeness (QED) is 0.729. The Balaban J connectivity index is 2.33. The largest absolute Gasteiger partial charge is 0.396 e. The van der Waals surface area contributed by atoms with E-state index in [1.54, 1.807) is 0 Å². The standard InChI is InChI=1S/C15H22O3/c1-12(9-16)8-13(2)15(17)11-18-10-14-6-4-3-5-7-14/h3-8,12,15-17H,9-11H2,1-2H3/b13-8+/t12-,15+/m1/s1. The molecule has 0 unspecified atom stereocenters. The van der Waals surface area contributed by atoms with Crippen LogP contribution in [0.1, 0.15) is 19.4 Å². The summed E-state index contributed by atoms with van der Waals surface area (Å²) in [5.74, 6) is 0.0637. The lowest BCUT2D eigenvalue weighted by Crippen LogP contribution is -2.17. The molecule has 100 valence electrons. The zero-order chi connectivity index (χ0) is 13.4. The molecule has 0 bridgehead atoms. The van der Waals surface area contributed by atoms with Crippen LogP contribution in [0.15, 0.2) is 42.0 Å². The van der Waals surface area contributed by atoms with Crippen molar-refractivity contribution in [3.8, 4) is 0 Å². The maximum atomic E-state index is 9.87. The fraction of sp³-hybridized carbons (Fsp3) is 0.467. The zero-order valence-corrected chi connectivity index (χ0v) is 11.0. The molecule has 0 aliphatic heterocycles. The van der Waals surface area contributed by atoms with Gasteiger partial charge in [-0.05, 0) is 24.0 Å². The fourth-order valence-electron chi connectivity index (χ4n) is 1.61. The molecule has 0 spiro atoms. The summed E-state index contributed by atoms with van der Waals surface area (Å²) in [5.41, 5.74) is 1.93. The van der Waals surface area contributed by atoms with E-state index in [-0.39, 0.29) is 19.1 Å². The van der Waals surface area contributed by atoms with Crippen molar-refractivity contribution in [2.75, 3.05) is 13.2 Å².